The third-order valence-corrected chi connectivity index (χ3v) is 2.73. The number of nitrogens with zero attached hydrogens (tertiary/aromatic N) is 1. The Bertz CT molecular complexity index is 258. The molecule has 0 rings (SSSR count). The third-order valence-electron chi connectivity index (χ3n) is 2.73. The second kappa shape index (κ2) is 7.89. The number of hydrogen-bond donors (Lipinski definition) is 2. The number of aliphatic carboxylic acids is 1. The molecular weight excluding hydrogens is 224 g/mol. The van der Waals surface area contributed by atoms with Crippen molar-refractivity contribution in [2.45, 2.75) is 26.3 Å². The van der Waals surface area contributed by atoms with Crippen LogP contribution in [0.4, 0.5) is 4.79 Å². The van der Waals surface area contributed by atoms with Crippen LogP contribution < -0.4 is 5.32 Å². The summed E-state index contributed by atoms with van der Waals surface area (Å²) in [5.74, 6) is -1.43. The van der Waals surface area contributed by atoms with Gasteiger partial charge in [-0.05, 0) is 13.3 Å². The van der Waals surface area contributed by atoms with E-state index < -0.39 is 11.9 Å². The summed E-state index contributed by atoms with van der Waals surface area (Å²) < 4.78 is 4.94. The Kier molecular flexibility index (Phi) is 7.29. The van der Waals surface area contributed by atoms with Crippen LogP contribution in [-0.4, -0.2) is 55.4 Å². The quantitative estimate of drug-likeness (QED) is 0.695. The van der Waals surface area contributed by atoms with E-state index in [2.05, 4.69) is 5.32 Å². The van der Waals surface area contributed by atoms with Gasteiger partial charge in [-0.15, -0.1) is 0 Å². The summed E-state index contributed by atoms with van der Waals surface area (Å²) in [5, 5.41) is 11.4. The summed E-state index contributed by atoms with van der Waals surface area (Å²) in [6.07, 6.45) is 0.493. The zero-order valence-electron chi connectivity index (χ0n) is 10.9. The lowest BCUT2D eigenvalue weighted by Gasteiger charge is -2.25. The highest BCUT2D eigenvalue weighted by atomic mass is 16.5. The molecule has 0 spiro atoms. The minimum absolute atomic E-state index is 0.0510. The monoisotopic (exact) mass is 246 g/mol. The lowest BCUT2D eigenvalue weighted by molar-refractivity contribution is -0.141. The van der Waals surface area contributed by atoms with Gasteiger partial charge in [0.25, 0.3) is 0 Å². The molecule has 0 aromatic carbocycles. The molecule has 2 amide bonds. The van der Waals surface area contributed by atoms with Gasteiger partial charge in [-0.3, -0.25) is 4.79 Å². The second-order valence-corrected chi connectivity index (χ2v) is 4.04. The smallest absolute Gasteiger partial charge is 0.317 e. The molecule has 6 nitrogen and oxygen atoms in total. The summed E-state index contributed by atoms with van der Waals surface area (Å²) in [6.45, 7) is 4.23. The topological polar surface area (TPSA) is 78.9 Å². The van der Waals surface area contributed by atoms with E-state index in [-0.39, 0.29) is 18.6 Å². The normalized spacial score (nSPS) is 13.9. The first-order valence-electron chi connectivity index (χ1n) is 5.66. The number of hydrogen-bond acceptors (Lipinski definition) is 3. The van der Waals surface area contributed by atoms with Crippen molar-refractivity contribution in [3.8, 4) is 0 Å². The minimum atomic E-state index is -0.889. The standard InChI is InChI=1S/C11H22N2O4/c1-5-9(10(14)15)6-12-11(16)13(3)8(2)7-17-4/h8-9H,5-7H2,1-4H3,(H,12,16)(H,14,15). The highest BCUT2D eigenvalue weighted by molar-refractivity contribution is 5.76. The molecule has 0 aliphatic carbocycles. The van der Waals surface area contributed by atoms with Crippen LogP contribution in [0.3, 0.4) is 0 Å². The van der Waals surface area contributed by atoms with Gasteiger partial charge < -0.3 is 20.1 Å². The average Bonchev–Trinajstić information content (AvgIpc) is 2.28. The van der Waals surface area contributed by atoms with Crippen LogP contribution in [0.25, 0.3) is 0 Å². The fourth-order valence-electron chi connectivity index (χ4n) is 1.29. The number of nitrogens with one attached hydrogen (secondary N) is 1. The first-order valence-corrected chi connectivity index (χ1v) is 5.66. The SMILES string of the molecule is CCC(CNC(=O)N(C)C(C)COC)C(=O)O. The van der Waals surface area contributed by atoms with Crippen molar-refractivity contribution in [2.75, 3.05) is 27.3 Å². The molecule has 0 saturated carbocycles. The molecule has 0 saturated heterocycles. The van der Waals surface area contributed by atoms with E-state index in [9.17, 15) is 9.59 Å². The molecule has 0 aromatic rings. The summed E-state index contributed by atoms with van der Waals surface area (Å²) in [4.78, 5) is 23.9. The molecule has 0 aromatic heterocycles. The summed E-state index contributed by atoms with van der Waals surface area (Å²) in [7, 11) is 3.22. The van der Waals surface area contributed by atoms with E-state index in [1.54, 1.807) is 21.1 Å². The number of carbonyl (C=O) groups excluding carboxylic acids is 1. The zero-order valence-corrected chi connectivity index (χ0v) is 10.9. The third kappa shape index (κ3) is 5.53. The first kappa shape index (κ1) is 15.7. The molecule has 17 heavy (non-hydrogen) atoms. The van der Waals surface area contributed by atoms with Crippen LogP contribution in [0.15, 0.2) is 0 Å². The van der Waals surface area contributed by atoms with E-state index >= 15 is 0 Å². The van der Waals surface area contributed by atoms with Crippen LogP contribution in [0, 0.1) is 5.92 Å². The predicted octanol–water partition coefficient (Wildman–Crippen LogP) is 0.773. The fourth-order valence-corrected chi connectivity index (χ4v) is 1.29. The lowest BCUT2D eigenvalue weighted by Crippen LogP contribution is -2.46. The average molecular weight is 246 g/mol. The molecule has 2 atom stereocenters. The van der Waals surface area contributed by atoms with Crippen LogP contribution in [0.1, 0.15) is 20.3 Å². The maximum atomic E-state index is 11.7. The van der Waals surface area contributed by atoms with E-state index in [0.717, 1.165) is 0 Å². The van der Waals surface area contributed by atoms with Gasteiger partial charge in [0, 0.05) is 20.7 Å². The number of amides is 2. The zero-order chi connectivity index (χ0) is 13.4. The summed E-state index contributed by atoms with van der Waals surface area (Å²) >= 11 is 0. The number of likely N-dealkylation sites (N-methyl/N-ethyl adjacent to an activating group) is 1. The molecule has 0 aliphatic rings. The van der Waals surface area contributed by atoms with Gasteiger partial charge >= 0.3 is 12.0 Å². The van der Waals surface area contributed by atoms with Crippen molar-refractivity contribution < 1.29 is 19.4 Å². The van der Waals surface area contributed by atoms with Crippen molar-refractivity contribution in [3.63, 3.8) is 0 Å². The van der Waals surface area contributed by atoms with Gasteiger partial charge in [0.05, 0.1) is 18.6 Å². The molecule has 0 aliphatic heterocycles. The van der Waals surface area contributed by atoms with E-state index in [4.69, 9.17) is 9.84 Å². The molecule has 100 valence electrons. The fraction of sp³-hybridized carbons (Fsp3) is 0.818. The maximum absolute atomic E-state index is 11.7. The number of rotatable bonds is 7. The Balaban J connectivity index is 4.12. The van der Waals surface area contributed by atoms with Crippen molar-refractivity contribution in [1.82, 2.24) is 10.2 Å². The Hall–Kier alpha value is -1.30. The molecule has 2 N–H and O–H groups in total. The Morgan fingerprint density at radius 2 is 2.06 bits per heavy atom. The van der Waals surface area contributed by atoms with Gasteiger partial charge in [0.15, 0.2) is 0 Å². The summed E-state index contributed by atoms with van der Waals surface area (Å²) in [5.41, 5.74) is 0. The molecule has 0 radical (unpaired) electrons. The van der Waals surface area contributed by atoms with E-state index in [1.807, 2.05) is 6.92 Å². The van der Waals surface area contributed by atoms with E-state index in [0.29, 0.717) is 13.0 Å². The minimum Gasteiger partial charge on any atom is -0.481 e. The lowest BCUT2D eigenvalue weighted by atomic mass is 10.1. The van der Waals surface area contributed by atoms with Crippen LogP contribution >= 0.6 is 0 Å². The van der Waals surface area contributed by atoms with Crippen molar-refractivity contribution >= 4 is 12.0 Å². The highest BCUT2D eigenvalue weighted by Gasteiger charge is 2.19. The number of carbonyl (C=O) groups is 2. The first-order chi connectivity index (χ1) is 7.93. The van der Waals surface area contributed by atoms with Crippen LogP contribution in [0.5, 0.6) is 0 Å². The molecule has 0 fully saturated rings. The highest BCUT2D eigenvalue weighted by Crippen LogP contribution is 2.02. The van der Waals surface area contributed by atoms with Gasteiger partial charge in [-0.1, -0.05) is 6.92 Å². The van der Waals surface area contributed by atoms with Gasteiger partial charge in [0.2, 0.25) is 0 Å². The maximum Gasteiger partial charge on any atom is 0.317 e. The number of ether oxygens (including phenoxy) is 1. The number of methoxy groups -OCH3 is 1. The molecule has 0 bridgehead atoms. The summed E-state index contributed by atoms with van der Waals surface area (Å²) in [6, 6.07) is -0.334. The number of carboxylic acid groups (broad SMARTS) is 1. The van der Waals surface area contributed by atoms with Gasteiger partial charge in [-0.2, -0.15) is 0 Å². The Morgan fingerprint density at radius 3 is 2.47 bits per heavy atom. The van der Waals surface area contributed by atoms with E-state index in [1.165, 1.54) is 4.90 Å². The van der Waals surface area contributed by atoms with Crippen molar-refractivity contribution in [2.24, 2.45) is 5.92 Å². The van der Waals surface area contributed by atoms with Crippen molar-refractivity contribution in [3.05, 3.63) is 0 Å². The largest absolute Gasteiger partial charge is 0.481 e. The Morgan fingerprint density at radius 1 is 1.47 bits per heavy atom. The molecule has 0 heterocycles. The molecule has 2 unspecified atom stereocenters. The number of urea groups is 1. The number of carboxylic acids is 1. The van der Waals surface area contributed by atoms with Gasteiger partial charge in [0.1, 0.15) is 0 Å². The van der Waals surface area contributed by atoms with Crippen LogP contribution in [-0.2, 0) is 9.53 Å². The molecular formula is C11H22N2O4. The van der Waals surface area contributed by atoms with Gasteiger partial charge in [-0.25, -0.2) is 4.79 Å². The second-order valence-electron chi connectivity index (χ2n) is 4.04. The predicted molar refractivity (Wildman–Crippen MR) is 63.9 cm³/mol. The molecule has 6 heteroatoms. The van der Waals surface area contributed by atoms with Crippen LogP contribution in [0.2, 0.25) is 0 Å². The Labute approximate surface area is 102 Å². The van der Waals surface area contributed by atoms with Crippen molar-refractivity contribution in [1.29, 1.82) is 0 Å².